The van der Waals surface area contributed by atoms with Crippen LogP contribution in [0.25, 0.3) is 0 Å². The number of amides is 1. The van der Waals surface area contributed by atoms with E-state index in [1.54, 1.807) is 0 Å². The first-order valence-electron chi connectivity index (χ1n) is 8.63. The number of carbonyl (C=O) groups is 1. The molecule has 26 heavy (non-hydrogen) atoms. The Balaban J connectivity index is 1.80. The Morgan fingerprint density at radius 1 is 1.04 bits per heavy atom. The number of hydrogen-bond acceptors (Lipinski definition) is 4. The van der Waals surface area contributed by atoms with Crippen molar-refractivity contribution in [3.8, 4) is 5.75 Å². The lowest BCUT2D eigenvalue weighted by Gasteiger charge is -2.14. The van der Waals surface area contributed by atoms with Gasteiger partial charge in [-0.2, -0.15) is 0 Å². The first kappa shape index (κ1) is 19.9. The van der Waals surface area contributed by atoms with Gasteiger partial charge in [-0.05, 0) is 43.3 Å². The number of para-hydroxylation sites is 2. The maximum Gasteiger partial charge on any atom is 0.226 e. The van der Waals surface area contributed by atoms with Crippen LogP contribution in [0.2, 0.25) is 0 Å². The normalized spacial score (nSPS) is 10.2. The largest absolute Gasteiger partial charge is 0.489 e. The number of aryl methyl sites for hydroxylation is 1. The molecule has 0 aromatic heterocycles. The number of carbonyl (C=O) groups excluding carboxylic acids is 1. The zero-order valence-corrected chi connectivity index (χ0v) is 15.7. The summed E-state index contributed by atoms with van der Waals surface area (Å²) in [6.45, 7) is 3.56. The predicted molar refractivity (Wildman–Crippen MR) is 108 cm³/mol. The van der Waals surface area contributed by atoms with E-state index >= 15 is 0 Å². The number of thiocarbonyl (C=S) groups is 1. The lowest BCUT2D eigenvalue weighted by atomic mass is 10.1. The van der Waals surface area contributed by atoms with Gasteiger partial charge in [0.25, 0.3) is 0 Å². The van der Waals surface area contributed by atoms with E-state index in [1.807, 2.05) is 61.5 Å². The predicted octanol–water partition coefficient (Wildman–Crippen LogP) is 3.55. The zero-order chi connectivity index (χ0) is 18.6. The van der Waals surface area contributed by atoms with E-state index in [1.165, 1.54) is 0 Å². The fourth-order valence-corrected chi connectivity index (χ4v) is 2.52. The minimum atomic E-state index is -0.124. The van der Waals surface area contributed by atoms with Crippen molar-refractivity contribution in [2.75, 3.05) is 25.1 Å². The Bertz CT molecular complexity index is 707. The lowest BCUT2D eigenvalue weighted by Crippen LogP contribution is -2.34. The van der Waals surface area contributed by atoms with Gasteiger partial charge < -0.3 is 20.1 Å². The maximum atomic E-state index is 12.1. The van der Waals surface area contributed by atoms with Gasteiger partial charge in [0.15, 0.2) is 5.11 Å². The standard InChI is InChI=1S/C20H24N2O3S/c1-2-24-14-15-25-18-11-7-6-10-17(18)21-20(26)22-19(23)13-12-16-8-4-3-5-9-16/h3-11H,2,12-15H2,1H3,(H2,21,22,23,26). The average molecular weight is 372 g/mol. The molecule has 0 saturated heterocycles. The molecule has 0 aliphatic rings. The summed E-state index contributed by atoms with van der Waals surface area (Å²) < 4.78 is 11.0. The van der Waals surface area contributed by atoms with Gasteiger partial charge in [-0.1, -0.05) is 42.5 Å². The molecule has 0 aliphatic carbocycles. The van der Waals surface area contributed by atoms with Gasteiger partial charge >= 0.3 is 0 Å². The van der Waals surface area contributed by atoms with Gasteiger partial charge in [0.1, 0.15) is 12.4 Å². The summed E-state index contributed by atoms with van der Waals surface area (Å²) in [4.78, 5) is 12.1. The van der Waals surface area contributed by atoms with Gasteiger partial charge in [0.2, 0.25) is 5.91 Å². The highest BCUT2D eigenvalue weighted by Gasteiger charge is 2.08. The molecule has 0 bridgehead atoms. The lowest BCUT2D eigenvalue weighted by molar-refractivity contribution is -0.119. The smallest absolute Gasteiger partial charge is 0.226 e. The number of nitrogens with one attached hydrogen (secondary N) is 2. The summed E-state index contributed by atoms with van der Waals surface area (Å²) in [5.41, 5.74) is 1.83. The third-order valence-electron chi connectivity index (χ3n) is 3.56. The summed E-state index contributed by atoms with van der Waals surface area (Å²) in [7, 11) is 0. The molecule has 2 aromatic rings. The fraction of sp³-hybridized carbons (Fsp3) is 0.300. The van der Waals surface area contributed by atoms with Crippen LogP contribution in [0, 0.1) is 0 Å². The quantitative estimate of drug-likeness (QED) is 0.521. The number of ether oxygens (including phenoxy) is 2. The molecule has 1 amide bonds. The molecule has 2 rings (SSSR count). The highest BCUT2D eigenvalue weighted by molar-refractivity contribution is 7.80. The van der Waals surface area contributed by atoms with Crippen molar-refractivity contribution >= 4 is 28.9 Å². The molecule has 2 aromatic carbocycles. The van der Waals surface area contributed by atoms with E-state index in [2.05, 4.69) is 10.6 Å². The van der Waals surface area contributed by atoms with Crippen molar-refractivity contribution in [3.63, 3.8) is 0 Å². The van der Waals surface area contributed by atoms with Crippen LogP contribution in [0.15, 0.2) is 54.6 Å². The molecule has 138 valence electrons. The van der Waals surface area contributed by atoms with Crippen LogP contribution in [0.5, 0.6) is 5.75 Å². The highest BCUT2D eigenvalue weighted by Crippen LogP contribution is 2.23. The van der Waals surface area contributed by atoms with Gasteiger partial charge in [0.05, 0.1) is 12.3 Å². The van der Waals surface area contributed by atoms with Crippen LogP contribution in [-0.4, -0.2) is 30.8 Å². The zero-order valence-electron chi connectivity index (χ0n) is 14.9. The molecule has 0 aliphatic heterocycles. The third kappa shape index (κ3) is 7.21. The third-order valence-corrected chi connectivity index (χ3v) is 3.77. The van der Waals surface area contributed by atoms with Crippen molar-refractivity contribution in [2.24, 2.45) is 0 Å². The number of hydrogen-bond donors (Lipinski definition) is 2. The highest BCUT2D eigenvalue weighted by atomic mass is 32.1. The van der Waals surface area contributed by atoms with E-state index < -0.39 is 0 Å². The number of anilines is 1. The van der Waals surface area contributed by atoms with Crippen molar-refractivity contribution < 1.29 is 14.3 Å². The molecule has 0 saturated carbocycles. The topological polar surface area (TPSA) is 59.6 Å². The Kier molecular flexibility index (Phi) is 8.59. The van der Waals surface area contributed by atoms with Crippen molar-refractivity contribution in [1.82, 2.24) is 5.32 Å². The average Bonchev–Trinajstić information content (AvgIpc) is 2.65. The van der Waals surface area contributed by atoms with E-state index in [-0.39, 0.29) is 11.0 Å². The summed E-state index contributed by atoms with van der Waals surface area (Å²) in [5.74, 6) is 0.536. The van der Waals surface area contributed by atoms with Crippen molar-refractivity contribution in [3.05, 3.63) is 60.2 Å². The number of benzene rings is 2. The van der Waals surface area contributed by atoms with Gasteiger partial charge in [-0.3, -0.25) is 4.79 Å². The van der Waals surface area contributed by atoms with E-state index in [0.29, 0.717) is 44.1 Å². The molecule has 6 heteroatoms. The first-order chi connectivity index (χ1) is 12.7. The Morgan fingerprint density at radius 2 is 1.77 bits per heavy atom. The molecule has 0 atom stereocenters. The van der Waals surface area contributed by atoms with E-state index in [4.69, 9.17) is 21.7 Å². The summed E-state index contributed by atoms with van der Waals surface area (Å²) in [5, 5.41) is 5.97. The van der Waals surface area contributed by atoms with Crippen LogP contribution in [0.3, 0.4) is 0 Å². The molecule has 0 spiro atoms. The molecular weight excluding hydrogens is 348 g/mol. The number of rotatable bonds is 9. The van der Waals surface area contributed by atoms with Gasteiger partial charge in [-0.25, -0.2) is 0 Å². The summed E-state index contributed by atoms with van der Waals surface area (Å²) >= 11 is 5.23. The molecule has 2 N–H and O–H groups in total. The summed E-state index contributed by atoms with van der Waals surface area (Å²) in [6, 6.07) is 17.3. The molecule has 0 radical (unpaired) electrons. The maximum absolute atomic E-state index is 12.1. The summed E-state index contributed by atoms with van der Waals surface area (Å²) in [6.07, 6.45) is 1.05. The van der Waals surface area contributed by atoms with Crippen LogP contribution < -0.4 is 15.4 Å². The second kappa shape index (κ2) is 11.2. The van der Waals surface area contributed by atoms with Gasteiger partial charge in [0, 0.05) is 13.0 Å². The Morgan fingerprint density at radius 3 is 2.54 bits per heavy atom. The Labute approximate surface area is 159 Å². The van der Waals surface area contributed by atoms with Crippen LogP contribution in [0.1, 0.15) is 18.9 Å². The molecule has 0 fully saturated rings. The van der Waals surface area contributed by atoms with E-state index in [9.17, 15) is 4.79 Å². The molecule has 0 unspecified atom stereocenters. The van der Waals surface area contributed by atoms with Crippen LogP contribution >= 0.6 is 12.2 Å². The van der Waals surface area contributed by atoms with Crippen LogP contribution in [0.4, 0.5) is 5.69 Å². The minimum absolute atomic E-state index is 0.124. The molecular formula is C20H24N2O3S. The minimum Gasteiger partial charge on any atom is -0.489 e. The Hall–Kier alpha value is -2.44. The monoisotopic (exact) mass is 372 g/mol. The van der Waals surface area contributed by atoms with Gasteiger partial charge in [-0.15, -0.1) is 0 Å². The second-order valence-corrected chi connectivity index (χ2v) is 5.94. The van der Waals surface area contributed by atoms with Crippen molar-refractivity contribution in [1.29, 1.82) is 0 Å². The fourth-order valence-electron chi connectivity index (χ4n) is 2.30. The van der Waals surface area contributed by atoms with Crippen LogP contribution in [-0.2, 0) is 16.0 Å². The molecule has 5 nitrogen and oxygen atoms in total. The second-order valence-electron chi connectivity index (χ2n) is 5.53. The molecule has 0 heterocycles. The first-order valence-corrected chi connectivity index (χ1v) is 9.04. The van der Waals surface area contributed by atoms with Crippen molar-refractivity contribution in [2.45, 2.75) is 19.8 Å². The SMILES string of the molecule is CCOCCOc1ccccc1NC(=S)NC(=O)CCc1ccccc1. The van der Waals surface area contributed by atoms with E-state index in [0.717, 1.165) is 5.56 Å².